The summed E-state index contributed by atoms with van der Waals surface area (Å²) in [6.45, 7) is 3.57. The molecule has 2 aromatic carbocycles. The second kappa shape index (κ2) is 4.67. The Labute approximate surface area is 123 Å². The summed E-state index contributed by atoms with van der Waals surface area (Å²) in [5, 5.41) is 2.85. The van der Waals surface area contributed by atoms with Crippen LogP contribution in [0.4, 0.5) is 10.1 Å². The second-order valence-electron chi connectivity index (χ2n) is 5.89. The number of fused-ring (bicyclic) bond motifs is 1. The van der Waals surface area contributed by atoms with Gasteiger partial charge < -0.3 is 11.1 Å². The molecule has 0 bridgehead atoms. The smallest absolute Gasteiger partial charge is 0.234 e. The maximum atomic E-state index is 14.0. The molecule has 0 fully saturated rings. The van der Waals surface area contributed by atoms with Gasteiger partial charge in [-0.3, -0.25) is 4.79 Å². The van der Waals surface area contributed by atoms with Crippen LogP contribution in [0.3, 0.4) is 0 Å². The summed E-state index contributed by atoms with van der Waals surface area (Å²) < 4.78 is 14.0. The Balaban J connectivity index is 2.16. The zero-order valence-corrected chi connectivity index (χ0v) is 12.0. The summed E-state index contributed by atoms with van der Waals surface area (Å²) in [6.07, 6.45) is 0. The van der Waals surface area contributed by atoms with E-state index in [1.54, 1.807) is 13.8 Å². The Morgan fingerprint density at radius 3 is 2.52 bits per heavy atom. The summed E-state index contributed by atoms with van der Waals surface area (Å²) in [6, 6.07) is 11.8. The first-order valence-corrected chi connectivity index (χ1v) is 6.87. The lowest BCUT2D eigenvalue weighted by Crippen LogP contribution is -2.26. The van der Waals surface area contributed by atoms with E-state index in [2.05, 4.69) is 5.32 Å². The number of nitrogens with two attached hydrogens (primary N) is 1. The third-order valence-corrected chi connectivity index (χ3v) is 4.11. The molecule has 3 nitrogen and oxygen atoms in total. The Morgan fingerprint density at radius 1 is 1.19 bits per heavy atom. The lowest BCUT2D eigenvalue weighted by atomic mass is 9.84. The molecule has 0 saturated carbocycles. The van der Waals surface area contributed by atoms with Crippen molar-refractivity contribution in [3.05, 3.63) is 65.0 Å². The van der Waals surface area contributed by atoms with Crippen LogP contribution in [0.5, 0.6) is 0 Å². The van der Waals surface area contributed by atoms with Crippen molar-refractivity contribution >= 4 is 11.6 Å². The predicted molar refractivity (Wildman–Crippen MR) is 80.5 cm³/mol. The van der Waals surface area contributed by atoms with E-state index in [0.717, 1.165) is 5.56 Å². The standard InChI is InChI=1S/C17H17FN2O/c1-17(2)13-9-11(18)8-12(15(13)20-16(17)21)14(19)10-6-4-3-5-7-10/h3-9,14H,19H2,1-2H3,(H,20,21). The molecular weight excluding hydrogens is 267 g/mol. The van der Waals surface area contributed by atoms with Gasteiger partial charge in [-0.25, -0.2) is 4.39 Å². The van der Waals surface area contributed by atoms with Gasteiger partial charge in [-0.15, -0.1) is 0 Å². The highest BCUT2D eigenvalue weighted by atomic mass is 19.1. The van der Waals surface area contributed by atoms with Gasteiger partial charge in [0.05, 0.1) is 17.1 Å². The SMILES string of the molecule is CC1(C)C(=O)Nc2c(C(N)c3ccccc3)cc(F)cc21. The molecule has 3 rings (SSSR count). The number of hydrogen-bond donors (Lipinski definition) is 2. The van der Waals surface area contributed by atoms with Crippen LogP contribution in [0.25, 0.3) is 0 Å². The van der Waals surface area contributed by atoms with Gasteiger partial charge in [0, 0.05) is 5.56 Å². The van der Waals surface area contributed by atoms with Gasteiger partial charge in [0.15, 0.2) is 0 Å². The molecule has 1 heterocycles. The molecule has 0 aromatic heterocycles. The summed E-state index contributed by atoms with van der Waals surface area (Å²) in [5.41, 5.74) is 8.31. The average molecular weight is 284 g/mol. The second-order valence-corrected chi connectivity index (χ2v) is 5.89. The first-order valence-electron chi connectivity index (χ1n) is 6.87. The quantitative estimate of drug-likeness (QED) is 0.890. The molecular formula is C17H17FN2O. The topological polar surface area (TPSA) is 55.1 Å². The number of benzene rings is 2. The van der Waals surface area contributed by atoms with Crippen molar-refractivity contribution < 1.29 is 9.18 Å². The average Bonchev–Trinajstić information content (AvgIpc) is 2.69. The Kier molecular flexibility index (Phi) is 3.06. The fourth-order valence-corrected chi connectivity index (χ4v) is 2.74. The molecule has 108 valence electrons. The number of nitrogens with one attached hydrogen (secondary N) is 1. The number of anilines is 1. The van der Waals surface area contributed by atoms with E-state index in [1.807, 2.05) is 30.3 Å². The minimum Gasteiger partial charge on any atom is -0.325 e. The molecule has 3 N–H and O–H groups in total. The third-order valence-electron chi connectivity index (χ3n) is 4.11. The molecule has 0 aliphatic carbocycles. The zero-order chi connectivity index (χ0) is 15.2. The lowest BCUT2D eigenvalue weighted by Gasteiger charge is -2.18. The normalized spacial score (nSPS) is 17.2. The highest BCUT2D eigenvalue weighted by molar-refractivity contribution is 6.06. The predicted octanol–water partition coefficient (Wildman–Crippen LogP) is 3.10. The minimum absolute atomic E-state index is 0.135. The molecule has 1 aliphatic heterocycles. The monoisotopic (exact) mass is 284 g/mol. The highest BCUT2D eigenvalue weighted by Crippen LogP contribution is 2.42. The van der Waals surface area contributed by atoms with Crippen LogP contribution < -0.4 is 11.1 Å². The maximum Gasteiger partial charge on any atom is 0.234 e. The molecule has 1 amide bonds. The molecule has 2 aromatic rings. The van der Waals surface area contributed by atoms with Crippen LogP contribution in [0.2, 0.25) is 0 Å². The number of hydrogen-bond acceptors (Lipinski definition) is 2. The van der Waals surface area contributed by atoms with E-state index >= 15 is 0 Å². The van der Waals surface area contributed by atoms with Crippen LogP contribution in [0.15, 0.2) is 42.5 Å². The molecule has 0 radical (unpaired) electrons. The van der Waals surface area contributed by atoms with E-state index in [4.69, 9.17) is 5.73 Å². The Bertz CT molecular complexity index is 710. The molecule has 21 heavy (non-hydrogen) atoms. The van der Waals surface area contributed by atoms with Gasteiger partial charge in [0.25, 0.3) is 0 Å². The van der Waals surface area contributed by atoms with E-state index < -0.39 is 11.5 Å². The van der Waals surface area contributed by atoms with Gasteiger partial charge in [0.1, 0.15) is 5.82 Å². The Hall–Kier alpha value is -2.20. The van der Waals surface area contributed by atoms with E-state index in [0.29, 0.717) is 16.8 Å². The highest BCUT2D eigenvalue weighted by Gasteiger charge is 2.40. The first kappa shape index (κ1) is 13.8. The van der Waals surface area contributed by atoms with Crippen LogP contribution >= 0.6 is 0 Å². The van der Waals surface area contributed by atoms with Crippen molar-refractivity contribution in [2.75, 3.05) is 5.32 Å². The van der Waals surface area contributed by atoms with Crippen molar-refractivity contribution in [2.45, 2.75) is 25.3 Å². The van der Waals surface area contributed by atoms with Crippen LogP contribution in [-0.2, 0) is 10.2 Å². The first-order chi connectivity index (χ1) is 9.91. The molecule has 4 heteroatoms. The number of carbonyl (C=O) groups excluding carboxylic acids is 1. The molecule has 1 aliphatic rings. The van der Waals surface area contributed by atoms with Crippen molar-refractivity contribution in [1.29, 1.82) is 0 Å². The summed E-state index contributed by atoms with van der Waals surface area (Å²) in [5.74, 6) is -0.510. The largest absolute Gasteiger partial charge is 0.325 e. The summed E-state index contributed by atoms with van der Waals surface area (Å²) in [4.78, 5) is 12.1. The van der Waals surface area contributed by atoms with Gasteiger partial charge >= 0.3 is 0 Å². The molecule has 0 saturated heterocycles. The van der Waals surface area contributed by atoms with Crippen molar-refractivity contribution in [3.8, 4) is 0 Å². The van der Waals surface area contributed by atoms with E-state index in [-0.39, 0.29) is 11.7 Å². The van der Waals surface area contributed by atoms with Crippen LogP contribution in [0, 0.1) is 5.82 Å². The zero-order valence-electron chi connectivity index (χ0n) is 12.0. The summed E-state index contributed by atoms with van der Waals surface area (Å²) in [7, 11) is 0. The Morgan fingerprint density at radius 2 is 1.86 bits per heavy atom. The number of rotatable bonds is 2. The number of halogens is 1. The van der Waals surface area contributed by atoms with Crippen molar-refractivity contribution in [1.82, 2.24) is 0 Å². The van der Waals surface area contributed by atoms with E-state index in [1.165, 1.54) is 12.1 Å². The number of amides is 1. The molecule has 1 atom stereocenters. The van der Waals surface area contributed by atoms with Crippen LogP contribution in [0.1, 0.15) is 36.6 Å². The van der Waals surface area contributed by atoms with Gasteiger partial charge in [-0.2, -0.15) is 0 Å². The fourth-order valence-electron chi connectivity index (χ4n) is 2.74. The van der Waals surface area contributed by atoms with Gasteiger partial charge in [0.2, 0.25) is 5.91 Å². The van der Waals surface area contributed by atoms with Crippen molar-refractivity contribution in [2.24, 2.45) is 5.73 Å². The third kappa shape index (κ3) is 2.12. The van der Waals surface area contributed by atoms with Crippen molar-refractivity contribution in [3.63, 3.8) is 0 Å². The van der Waals surface area contributed by atoms with Crippen LogP contribution in [-0.4, -0.2) is 5.91 Å². The molecule has 1 unspecified atom stereocenters. The lowest BCUT2D eigenvalue weighted by molar-refractivity contribution is -0.119. The van der Waals surface area contributed by atoms with Gasteiger partial charge in [-0.1, -0.05) is 30.3 Å². The number of carbonyl (C=O) groups is 1. The summed E-state index contributed by atoms with van der Waals surface area (Å²) >= 11 is 0. The fraction of sp³-hybridized carbons (Fsp3) is 0.235. The maximum absolute atomic E-state index is 14.0. The molecule has 0 spiro atoms. The van der Waals surface area contributed by atoms with E-state index in [9.17, 15) is 9.18 Å². The minimum atomic E-state index is -0.747. The van der Waals surface area contributed by atoms with Gasteiger partial charge in [-0.05, 0) is 37.1 Å².